The molecule has 0 aliphatic carbocycles. The van der Waals surface area contributed by atoms with Crippen molar-refractivity contribution in [3.8, 4) is 0 Å². The van der Waals surface area contributed by atoms with Crippen LogP contribution in [-0.2, 0) is 11.2 Å². The lowest BCUT2D eigenvalue weighted by molar-refractivity contribution is -0.121. The number of hydrogen-bond donors (Lipinski definition) is 2. The van der Waals surface area contributed by atoms with Crippen molar-refractivity contribution in [3.63, 3.8) is 0 Å². The van der Waals surface area contributed by atoms with Crippen molar-refractivity contribution in [3.05, 3.63) is 58.5 Å². The molecule has 2 aromatic rings. The molecule has 116 valence electrons. The summed E-state index contributed by atoms with van der Waals surface area (Å²) in [5.41, 5.74) is 1.13. The van der Waals surface area contributed by atoms with Gasteiger partial charge < -0.3 is 15.1 Å². The van der Waals surface area contributed by atoms with Crippen molar-refractivity contribution in [2.45, 2.75) is 12.8 Å². The first-order valence-electron chi connectivity index (χ1n) is 6.99. The van der Waals surface area contributed by atoms with E-state index in [2.05, 4.69) is 26.6 Å². The van der Waals surface area contributed by atoms with Gasteiger partial charge in [0.25, 0.3) is 5.91 Å². The van der Waals surface area contributed by atoms with E-state index in [1.165, 1.54) is 0 Å². The average Bonchev–Trinajstić information content (AvgIpc) is 2.97. The first kappa shape index (κ1) is 16.3. The highest BCUT2D eigenvalue weighted by molar-refractivity contribution is 9.10. The minimum atomic E-state index is -0.302. The molecule has 0 fully saturated rings. The molecule has 0 bridgehead atoms. The molecule has 6 heteroatoms. The van der Waals surface area contributed by atoms with E-state index < -0.39 is 0 Å². The molecule has 1 heterocycles. The Morgan fingerprint density at radius 1 is 1.00 bits per heavy atom. The van der Waals surface area contributed by atoms with E-state index in [-0.39, 0.29) is 17.6 Å². The van der Waals surface area contributed by atoms with Gasteiger partial charge in [0, 0.05) is 19.5 Å². The second-order valence-electron chi connectivity index (χ2n) is 4.70. The topological polar surface area (TPSA) is 71.3 Å². The highest BCUT2D eigenvalue weighted by Crippen LogP contribution is 2.13. The molecule has 0 aliphatic heterocycles. The number of halogens is 1. The van der Waals surface area contributed by atoms with Crippen molar-refractivity contribution in [2.75, 3.05) is 13.1 Å². The first-order chi connectivity index (χ1) is 10.6. The fourth-order valence-corrected chi connectivity index (χ4v) is 2.20. The zero-order chi connectivity index (χ0) is 15.8. The van der Waals surface area contributed by atoms with E-state index in [4.69, 9.17) is 4.42 Å². The van der Waals surface area contributed by atoms with Gasteiger partial charge in [-0.3, -0.25) is 9.59 Å². The predicted molar refractivity (Wildman–Crippen MR) is 86.5 cm³/mol. The van der Waals surface area contributed by atoms with Crippen LogP contribution in [-0.4, -0.2) is 24.9 Å². The third-order valence-corrected chi connectivity index (χ3v) is 3.44. The van der Waals surface area contributed by atoms with Crippen LogP contribution in [0.5, 0.6) is 0 Å². The molecular weight excluding hydrogens is 348 g/mol. The van der Waals surface area contributed by atoms with Crippen molar-refractivity contribution in [2.24, 2.45) is 0 Å². The number of rotatable bonds is 7. The van der Waals surface area contributed by atoms with Crippen LogP contribution in [0.2, 0.25) is 0 Å². The molecule has 1 aromatic heterocycles. The summed E-state index contributed by atoms with van der Waals surface area (Å²) < 4.78 is 5.63. The quantitative estimate of drug-likeness (QED) is 0.741. The van der Waals surface area contributed by atoms with Crippen LogP contribution < -0.4 is 10.6 Å². The summed E-state index contributed by atoms with van der Waals surface area (Å²) in [5, 5.41) is 5.44. The summed E-state index contributed by atoms with van der Waals surface area (Å²) in [7, 11) is 0. The van der Waals surface area contributed by atoms with Crippen LogP contribution in [0.15, 0.2) is 51.6 Å². The molecule has 1 aromatic carbocycles. The number of furan rings is 1. The standard InChI is InChI=1S/C16H17BrN2O3/c17-14-8-7-13(22-14)16(21)19-11-10-18-15(20)9-6-12-4-2-1-3-5-12/h1-5,7-8H,6,9-11H2,(H,18,20)(H,19,21). The molecule has 0 radical (unpaired) electrons. The zero-order valence-corrected chi connectivity index (χ0v) is 13.6. The largest absolute Gasteiger partial charge is 0.444 e. The van der Waals surface area contributed by atoms with E-state index in [1.54, 1.807) is 12.1 Å². The maximum Gasteiger partial charge on any atom is 0.287 e. The number of hydrogen-bond acceptors (Lipinski definition) is 3. The number of benzene rings is 1. The Morgan fingerprint density at radius 2 is 1.73 bits per heavy atom. The first-order valence-corrected chi connectivity index (χ1v) is 7.78. The Morgan fingerprint density at radius 3 is 2.41 bits per heavy atom. The van der Waals surface area contributed by atoms with Gasteiger partial charge in [0.1, 0.15) is 0 Å². The van der Waals surface area contributed by atoms with Crippen molar-refractivity contribution >= 4 is 27.7 Å². The number of carbonyl (C=O) groups excluding carboxylic acids is 2. The molecule has 0 saturated heterocycles. The summed E-state index contributed by atoms with van der Waals surface area (Å²) in [5.74, 6) is -0.0923. The van der Waals surface area contributed by atoms with Gasteiger partial charge in [-0.05, 0) is 40.0 Å². The minimum absolute atomic E-state index is 0.0288. The molecule has 2 N–H and O–H groups in total. The van der Waals surface area contributed by atoms with E-state index in [0.717, 1.165) is 5.56 Å². The summed E-state index contributed by atoms with van der Waals surface area (Å²) in [4.78, 5) is 23.4. The number of nitrogens with one attached hydrogen (secondary N) is 2. The summed E-state index contributed by atoms with van der Waals surface area (Å²) in [6.07, 6.45) is 1.14. The average molecular weight is 365 g/mol. The van der Waals surface area contributed by atoms with Crippen LogP contribution in [0.3, 0.4) is 0 Å². The lowest BCUT2D eigenvalue weighted by atomic mass is 10.1. The fourth-order valence-electron chi connectivity index (χ4n) is 1.89. The number of amides is 2. The van der Waals surface area contributed by atoms with Gasteiger partial charge in [-0.1, -0.05) is 30.3 Å². The SMILES string of the molecule is O=C(CCc1ccccc1)NCCNC(=O)c1ccc(Br)o1. The molecule has 0 spiro atoms. The van der Waals surface area contributed by atoms with Gasteiger partial charge in [-0.25, -0.2) is 0 Å². The Hall–Kier alpha value is -2.08. The van der Waals surface area contributed by atoms with Crippen LogP contribution in [0.25, 0.3) is 0 Å². The third kappa shape index (κ3) is 5.37. The van der Waals surface area contributed by atoms with Gasteiger partial charge in [-0.2, -0.15) is 0 Å². The van der Waals surface area contributed by atoms with Crippen molar-refractivity contribution in [1.29, 1.82) is 0 Å². The number of carbonyl (C=O) groups is 2. The highest BCUT2D eigenvalue weighted by atomic mass is 79.9. The van der Waals surface area contributed by atoms with Crippen LogP contribution in [0.1, 0.15) is 22.5 Å². The number of aryl methyl sites for hydroxylation is 1. The molecular formula is C16H17BrN2O3. The van der Waals surface area contributed by atoms with E-state index in [1.807, 2.05) is 30.3 Å². The second-order valence-corrected chi connectivity index (χ2v) is 5.48. The molecule has 5 nitrogen and oxygen atoms in total. The van der Waals surface area contributed by atoms with Crippen molar-refractivity contribution in [1.82, 2.24) is 10.6 Å². The molecule has 0 aliphatic rings. The summed E-state index contributed by atoms with van der Waals surface area (Å²) in [6, 6.07) is 13.1. The fraction of sp³-hybridized carbons (Fsp3) is 0.250. The zero-order valence-electron chi connectivity index (χ0n) is 12.0. The molecule has 0 saturated carbocycles. The van der Waals surface area contributed by atoms with Gasteiger partial charge in [0.15, 0.2) is 10.4 Å². The third-order valence-electron chi connectivity index (χ3n) is 3.01. The second kappa shape index (κ2) is 8.38. The normalized spacial score (nSPS) is 10.2. The van der Waals surface area contributed by atoms with Crippen molar-refractivity contribution < 1.29 is 14.0 Å². The van der Waals surface area contributed by atoms with Crippen LogP contribution in [0.4, 0.5) is 0 Å². The Balaban J connectivity index is 1.60. The Kier molecular flexibility index (Phi) is 6.21. The highest BCUT2D eigenvalue weighted by Gasteiger charge is 2.09. The lowest BCUT2D eigenvalue weighted by Gasteiger charge is -2.06. The molecule has 0 unspecified atom stereocenters. The van der Waals surface area contributed by atoms with Gasteiger partial charge >= 0.3 is 0 Å². The maximum atomic E-state index is 11.7. The minimum Gasteiger partial charge on any atom is -0.444 e. The smallest absolute Gasteiger partial charge is 0.287 e. The van der Waals surface area contributed by atoms with E-state index in [9.17, 15) is 9.59 Å². The van der Waals surface area contributed by atoms with Gasteiger partial charge in [0.2, 0.25) is 5.91 Å². The van der Waals surface area contributed by atoms with Crippen LogP contribution in [0, 0.1) is 0 Å². The Bertz CT molecular complexity index is 625. The summed E-state index contributed by atoms with van der Waals surface area (Å²) >= 11 is 3.13. The van der Waals surface area contributed by atoms with Crippen LogP contribution >= 0.6 is 15.9 Å². The lowest BCUT2D eigenvalue weighted by Crippen LogP contribution is -2.34. The molecule has 0 atom stereocenters. The monoisotopic (exact) mass is 364 g/mol. The van der Waals surface area contributed by atoms with Gasteiger partial charge in [-0.15, -0.1) is 0 Å². The van der Waals surface area contributed by atoms with E-state index >= 15 is 0 Å². The molecule has 2 rings (SSSR count). The Labute approximate surface area is 137 Å². The summed E-state index contributed by atoms with van der Waals surface area (Å²) in [6.45, 7) is 0.746. The molecule has 22 heavy (non-hydrogen) atoms. The predicted octanol–water partition coefficient (Wildman–Crippen LogP) is 2.52. The van der Waals surface area contributed by atoms with Gasteiger partial charge in [0.05, 0.1) is 0 Å². The molecule has 2 amide bonds. The maximum absolute atomic E-state index is 11.7. The van der Waals surface area contributed by atoms with E-state index in [0.29, 0.717) is 30.6 Å².